The maximum Gasteiger partial charge on any atom is 0.416 e. The molecule has 214 valence electrons. The topological polar surface area (TPSA) is 118 Å². The van der Waals surface area contributed by atoms with E-state index in [4.69, 9.17) is 21.4 Å². The van der Waals surface area contributed by atoms with Crippen LogP contribution in [0.5, 0.6) is 5.75 Å². The molecular formula is C26H23ClF3NO7S2. The number of rotatable bonds is 8. The minimum absolute atomic E-state index is 0.206. The fraction of sp³-hybridized carbons (Fsp3) is 0.269. The van der Waals surface area contributed by atoms with Gasteiger partial charge in [-0.2, -0.15) is 17.5 Å². The van der Waals surface area contributed by atoms with Crippen LogP contribution in [-0.2, 0) is 37.3 Å². The van der Waals surface area contributed by atoms with Gasteiger partial charge in [0.25, 0.3) is 0 Å². The van der Waals surface area contributed by atoms with Gasteiger partial charge in [-0.05, 0) is 78.9 Å². The zero-order chi connectivity index (χ0) is 29.5. The van der Waals surface area contributed by atoms with Crippen molar-refractivity contribution in [3.05, 3.63) is 82.4 Å². The number of carbonyl (C=O) groups is 1. The Morgan fingerprint density at radius 2 is 1.68 bits per heavy atom. The molecule has 0 radical (unpaired) electrons. The smallest absolute Gasteiger partial charge is 0.416 e. The molecule has 1 atom stereocenters. The first-order valence-electron chi connectivity index (χ1n) is 11.8. The normalized spacial score (nSPS) is 16.0. The molecule has 0 fully saturated rings. The third-order valence-corrected chi connectivity index (χ3v) is 10.4. The van der Waals surface area contributed by atoms with Crippen LogP contribution in [-0.4, -0.2) is 45.9 Å². The summed E-state index contributed by atoms with van der Waals surface area (Å²) in [6.07, 6.45) is -3.76. The summed E-state index contributed by atoms with van der Waals surface area (Å²) in [6.45, 7) is -0.607. The summed E-state index contributed by atoms with van der Waals surface area (Å²) in [5, 5.41) is 9.16. The van der Waals surface area contributed by atoms with Crippen molar-refractivity contribution in [2.45, 2.75) is 46.2 Å². The Kier molecular flexibility index (Phi) is 8.23. The molecule has 3 aromatic carbocycles. The van der Waals surface area contributed by atoms with Crippen molar-refractivity contribution in [2.24, 2.45) is 0 Å². The first kappa shape index (κ1) is 29.8. The van der Waals surface area contributed by atoms with Crippen LogP contribution in [0.25, 0.3) is 0 Å². The van der Waals surface area contributed by atoms with Gasteiger partial charge in [-0.25, -0.2) is 21.6 Å². The average Bonchev–Trinajstić information content (AvgIpc) is 2.90. The number of benzene rings is 3. The summed E-state index contributed by atoms with van der Waals surface area (Å²) in [4.78, 5) is 8.92. The third-order valence-electron chi connectivity index (χ3n) is 6.54. The second-order valence-electron chi connectivity index (χ2n) is 9.08. The predicted molar refractivity (Wildman–Crippen MR) is 139 cm³/mol. The maximum absolute atomic E-state index is 13.8. The molecule has 3 aromatic rings. The summed E-state index contributed by atoms with van der Waals surface area (Å²) in [5.74, 6) is -0.927. The SMILES string of the molecule is CN([C@@H]1CCCc2c(OCC(=O)O)cccc21)S(=O)(=O)c1cc(C(F)(F)F)cc(S(=O)(=O)c2ccc(Cl)cc2)c1. The lowest BCUT2D eigenvalue weighted by molar-refractivity contribution is -0.139. The van der Waals surface area contributed by atoms with E-state index in [1.807, 2.05) is 0 Å². The van der Waals surface area contributed by atoms with Crippen LogP contribution in [0.3, 0.4) is 0 Å². The Hall–Kier alpha value is -3.13. The van der Waals surface area contributed by atoms with Gasteiger partial charge in [0.1, 0.15) is 5.75 Å². The van der Waals surface area contributed by atoms with Gasteiger partial charge in [0.2, 0.25) is 19.9 Å². The van der Waals surface area contributed by atoms with E-state index in [1.54, 1.807) is 18.2 Å². The molecule has 1 aliphatic carbocycles. The number of fused-ring (bicyclic) bond motifs is 1. The number of carboxylic acid groups (broad SMARTS) is 1. The predicted octanol–water partition coefficient (Wildman–Crippen LogP) is 5.35. The minimum Gasteiger partial charge on any atom is -0.482 e. The molecule has 40 heavy (non-hydrogen) atoms. The fourth-order valence-corrected chi connectivity index (χ4v) is 7.54. The number of alkyl halides is 3. The van der Waals surface area contributed by atoms with Crippen LogP contribution in [0, 0.1) is 0 Å². The van der Waals surface area contributed by atoms with E-state index in [0.717, 1.165) is 16.4 Å². The van der Waals surface area contributed by atoms with Crippen LogP contribution in [0.1, 0.15) is 35.6 Å². The van der Waals surface area contributed by atoms with E-state index < -0.39 is 60.0 Å². The molecule has 1 N–H and O–H groups in total. The van der Waals surface area contributed by atoms with Gasteiger partial charge in [0.15, 0.2) is 6.61 Å². The van der Waals surface area contributed by atoms with Crippen LogP contribution in [0.4, 0.5) is 13.2 Å². The first-order chi connectivity index (χ1) is 18.6. The van der Waals surface area contributed by atoms with Gasteiger partial charge in [-0.1, -0.05) is 23.7 Å². The molecule has 0 saturated heterocycles. The lowest BCUT2D eigenvalue weighted by atomic mass is 9.87. The standard InChI is InChI=1S/C26H23ClF3NO7S2/c1-31(23-6-2-5-22-21(23)4-3-7-24(22)38-15-25(32)33)40(36,37)20-13-16(26(28,29)30)12-19(14-20)39(34,35)18-10-8-17(27)9-11-18/h3-4,7-14,23H,2,5-6,15H2,1H3,(H,32,33)/t23-/m1/s1. The van der Waals surface area contributed by atoms with Gasteiger partial charge in [0.05, 0.1) is 26.3 Å². The number of sulfone groups is 1. The molecule has 0 aliphatic heterocycles. The van der Waals surface area contributed by atoms with Crippen molar-refractivity contribution in [3.8, 4) is 5.75 Å². The quantitative estimate of drug-likeness (QED) is 0.362. The number of hydrogen-bond donors (Lipinski definition) is 1. The third kappa shape index (κ3) is 5.97. The van der Waals surface area contributed by atoms with Gasteiger partial charge >= 0.3 is 12.1 Å². The van der Waals surface area contributed by atoms with E-state index in [-0.39, 0.29) is 15.7 Å². The minimum atomic E-state index is -5.04. The van der Waals surface area contributed by atoms with Crippen LogP contribution < -0.4 is 4.74 Å². The Bertz CT molecular complexity index is 1660. The molecule has 0 aromatic heterocycles. The van der Waals surface area contributed by atoms with Crippen molar-refractivity contribution in [1.29, 1.82) is 0 Å². The first-order valence-corrected chi connectivity index (χ1v) is 15.1. The van der Waals surface area contributed by atoms with Gasteiger partial charge in [-0.15, -0.1) is 0 Å². The van der Waals surface area contributed by atoms with E-state index in [2.05, 4.69) is 0 Å². The van der Waals surface area contributed by atoms with Crippen LogP contribution in [0.15, 0.2) is 75.4 Å². The zero-order valence-corrected chi connectivity index (χ0v) is 23.2. The van der Waals surface area contributed by atoms with Crippen molar-refractivity contribution in [3.63, 3.8) is 0 Å². The molecule has 1 aliphatic rings. The molecule has 14 heteroatoms. The molecular weight excluding hydrogens is 595 g/mol. The Morgan fingerprint density at radius 1 is 1.02 bits per heavy atom. The lowest BCUT2D eigenvalue weighted by Crippen LogP contribution is -2.34. The van der Waals surface area contributed by atoms with Gasteiger partial charge < -0.3 is 9.84 Å². The Balaban J connectivity index is 1.80. The highest BCUT2D eigenvalue weighted by Crippen LogP contribution is 2.41. The number of halogens is 4. The molecule has 4 rings (SSSR count). The molecule has 0 amide bonds. The van der Waals surface area contributed by atoms with E-state index in [0.29, 0.717) is 48.6 Å². The molecule has 0 heterocycles. The van der Waals surface area contributed by atoms with E-state index in [1.165, 1.54) is 19.2 Å². The second kappa shape index (κ2) is 11.0. The summed E-state index contributed by atoms with van der Waals surface area (Å²) in [7, 11) is -8.01. The van der Waals surface area contributed by atoms with Crippen LogP contribution in [0.2, 0.25) is 5.02 Å². The van der Waals surface area contributed by atoms with Crippen molar-refractivity contribution >= 4 is 37.4 Å². The van der Waals surface area contributed by atoms with E-state index in [9.17, 15) is 34.8 Å². The van der Waals surface area contributed by atoms with Gasteiger partial charge in [0, 0.05) is 12.1 Å². The summed E-state index contributed by atoms with van der Waals surface area (Å²) >= 11 is 5.80. The monoisotopic (exact) mass is 617 g/mol. The highest BCUT2D eigenvalue weighted by atomic mass is 35.5. The largest absolute Gasteiger partial charge is 0.482 e. The Morgan fingerprint density at radius 3 is 2.30 bits per heavy atom. The number of carboxylic acids is 1. The summed E-state index contributed by atoms with van der Waals surface area (Å²) < 4.78 is 102. The van der Waals surface area contributed by atoms with E-state index >= 15 is 0 Å². The molecule has 0 spiro atoms. The number of aliphatic carboxylic acids is 1. The molecule has 0 unspecified atom stereocenters. The van der Waals surface area contributed by atoms with Crippen molar-refractivity contribution < 1.29 is 44.6 Å². The molecule has 0 bridgehead atoms. The highest BCUT2D eigenvalue weighted by molar-refractivity contribution is 7.91. The molecule has 8 nitrogen and oxygen atoms in total. The summed E-state index contributed by atoms with van der Waals surface area (Å²) in [5.41, 5.74) is -0.332. The zero-order valence-electron chi connectivity index (χ0n) is 20.9. The molecule has 0 saturated carbocycles. The lowest BCUT2D eigenvalue weighted by Gasteiger charge is -2.33. The average molecular weight is 618 g/mol. The Labute approximate surface area is 233 Å². The number of hydrogen-bond acceptors (Lipinski definition) is 6. The number of nitrogens with zero attached hydrogens (tertiary/aromatic N) is 1. The number of ether oxygens (including phenoxy) is 1. The fourth-order valence-electron chi connectivity index (χ4n) is 4.57. The van der Waals surface area contributed by atoms with Crippen LogP contribution >= 0.6 is 11.6 Å². The van der Waals surface area contributed by atoms with Crippen molar-refractivity contribution in [1.82, 2.24) is 4.31 Å². The summed E-state index contributed by atoms with van der Waals surface area (Å²) in [6, 6.07) is 10.2. The second-order valence-corrected chi connectivity index (χ2v) is 13.5. The number of sulfonamides is 1. The van der Waals surface area contributed by atoms with Crippen molar-refractivity contribution in [2.75, 3.05) is 13.7 Å². The van der Waals surface area contributed by atoms with Gasteiger partial charge in [-0.3, -0.25) is 0 Å². The highest BCUT2D eigenvalue weighted by Gasteiger charge is 2.38. The maximum atomic E-state index is 13.8.